The standard InChI is InChI=1S/C51H104O18/c1-35(53)19-54-37(3)21-56-39(5)23-58-41(7)25-60-43(9)27-62-45(11)29-64-47(13)31-66-49(15)33-68-51(17)34-69-50(16)32-67-48(14)30-65-46(12)28-63-44(10)26-61-42(8)24-59-40(6)22-57-38(4)20-55-36(2)18-52/h35-53H,18-34H2,1-17H3. The van der Waals surface area contributed by atoms with Crippen molar-refractivity contribution < 1.29 is 86.0 Å². The van der Waals surface area contributed by atoms with Gasteiger partial charge < -0.3 is 86.0 Å². The van der Waals surface area contributed by atoms with E-state index in [1.807, 2.05) is 111 Å². The minimum absolute atomic E-state index is 0.0114. The van der Waals surface area contributed by atoms with Gasteiger partial charge in [0.05, 0.1) is 216 Å². The fourth-order valence-corrected chi connectivity index (χ4v) is 5.57. The molecule has 0 bridgehead atoms. The van der Waals surface area contributed by atoms with Crippen molar-refractivity contribution in [1.29, 1.82) is 0 Å². The van der Waals surface area contributed by atoms with Crippen molar-refractivity contribution in [3.8, 4) is 0 Å². The summed E-state index contributed by atoms with van der Waals surface area (Å²) in [5, 5.41) is 18.4. The third kappa shape index (κ3) is 43.4. The highest BCUT2D eigenvalue weighted by Crippen LogP contribution is 2.09. The van der Waals surface area contributed by atoms with E-state index in [1.165, 1.54) is 0 Å². The topological polar surface area (TPSA) is 188 Å². The second-order valence-corrected chi connectivity index (χ2v) is 19.3. The molecule has 0 aromatic carbocycles. The Kier molecular flexibility index (Phi) is 42.2. The lowest BCUT2D eigenvalue weighted by molar-refractivity contribution is -0.116. The fourth-order valence-electron chi connectivity index (χ4n) is 5.57. The normalized spacial score (nSPS) is 19.9. The predicted molar refractivity (Wildman–Crippen MR) is 265 cm³/mol. The average molecular weight is 1010 g/mol. The zero-order chi connectivity index (χ0) is 52.1. The first kappa shape index (κ1) is 68.3. The quantitative estimate of drug-likeness (QED) is 0.0739. The maximum atomic E-state index is 9.35. The molecule has 17 unspecified atom stereocenters. The molecule has 18 heteroatoms. The highest BCUT2D eigenvalue weighted by molar-refractivity contribution is 4.63. The first-order valence-corrected chi connectivity index (χ1v) is 25.7. The van der Waals surface area contributed by atoms with Crippen LogP contribution >= 0.6 is 0 Å². The van der Waals surface area contributed by atoms with Crippen LogP contribution in [0.1, 0.15) is 118 Å². The van der Waals surface area contributed by atoms with Crippen LogP contribution in [0.4, 0.5) is 0 Å². The van der Waals surface area contributed by atoms with Crippen LogP contribution in [0.2, 0.25) is 0 Å². The van der Waals surface area contributed by atoms with Gasteiger partial charge in [0.2, 0.25) is 0 Å². The Bertz CT molecular complexity index is 1130. The van der Waals surface area contributed by atoms with Crippen molar-refractivity contribution in [2.75, 3.05) is 112 Å². The molecule has 0 aliphatic rings. The number of ether oxygens (including phenoxy) is 16. The zero-order valence-corrected chi connectivity index (χ0v) is 46.3. The number of hydrogen-bond acceptors (Lipinski definition) is 18. The summed E-state index contributed by atoms with van der Waals surface area (Å²) in [6, 6.07) is 0. The van der Waals surface area contributed by atoms with Gasteiger partial charge >= 0.3 is 0 Å². The lowest BCUT2D eigenvalue weighted by atomic mass is 10.3. The van der Waals surface area contributed by atoms with Gasteiger partial charge in [-0.1, -0.05) is 0 Å². The van der Waals surface area contributed by atoms with Gasteiger partial charge in [0.15, 0.2) is 0 Å². The van der Waals surface area contributed by atoms with Gasteiger partial charge in [-0.3, -0.25) is 0 Å². The van der Waals surface area contributed by atoms with E-state index in [0.717, 1.165) is 0 Å². The van der Waals surface area contributed by atoms with E-state index in [2.05, 4.69) is 0 Å². The van der Waals surface area contributed by atoms with Crippen molar-refractivity contribution in [3.05, 3.63) is 0 Å². The van der Waals surface area contributed by atoms with Crippen LogP contribution in [0, 0.1) is 0 Å². The highest BCUT2D eigenvalue weighted by Gasteiger charge is 2.18. The number of aliphatic hydroxyl groups is 2. The summed E-state index contributed by atoms with van der Waals surface area (Å²) in [7, 11) is 0. The van der Waals surface area contributed by atoms with Crippen LogP contribution in [0.15, 0.2) is 0 Å². The average Bonchev–Trinajstić information content (AvgIpc) is 3.32. The summed E-state index contributed by atoms with van der Waals surface area (Å²) in [6.45, 7) is 39.9. The van der Waals surface area contributed by atoms with Crippen LogP contribution in [0.25, 0.3) is 0 Å². The van der Waals surface area contributed by atoms with E-state index in [0.29, 0.717) is 99.1 Å². The summed E-state index contributed by atoms with van der Waals surface area (Å²) >= 11 is 0. The number of rotatable bonds is 49. The van der Waals surface area contributed by atoms with Crippen molar-refractivity contribution in [2.45, 2.75) is 221 Å². The molecule has 0 spiro atoms. The summed E-state index contributed by atoms with van der Waals surface area (Å²) in [4.78, 5) is 0. The largest absolute Gasteiger partial charge is 0.394 e. The molecule has 0 aromatic rings. The van der Waals surface area contributed by atoms with E-state index in [-0.39, 0.29) is 111 Å². The molecule has 0 saturated carbocycles. The van der Waals surface area contributed by atoms with Gasteiger partial charge in [-0.25, -0.2) is 0 Å². The first-order valence-electron chi connectivity index (χ1n) is 25.7. The Morgan fingerprint density at radius 3 is 0.391 bits per heavy atom. The predicted octanol–water partition coefficient (Wildman–Crippen LogP) is 5.84. The summed E-state index contributed by atoms with van der Waals surface area (Å²) < 4.78 is 94.0. The van der Waals surface area contributed by atoms with Gasteiger partial charge in [-0.15, -0.1) is 0 Å². The molecule has 18 nitrogen and oxygen atoms in total. The molecule has 0 heterocycles. The molecule has 2 N–H and O–H groups in total. The Morgan fingerprint density at radius 2 is 0.290 bits per heavy atom. The van der Waals surface area contributed by atoms with Crippen LogP contribution < -0.4 is 0 Å². The van der Waals surface area contributed by atoms with Gasteiger partial charge in [0, 0.05) is 0 Å². The third-order valence-electron chi connectivity index (χ3n) is 10.1. The summed E-state index contributed by atoms with van der Waals surface area (Å²) in [6.07, 6.45) is -2.20. The minimum Gasteiger partial charge on any atom is -0.394 e. The molecule has 0 rings (SSSR count). The lowest BCUT2D eigenvalue weighted by Crippen LogP contribution is -2.31. The second-order valence-electron chi connectivity index (χ2n) is 19.3. The van der Waals surface area contributed by atoms with Crippen LogP contribution in [-0.4, -0.2) is 226 Å². The molecule has 0 aliphatic heterocycles. The second kappa shape index (κ2) is 42.6. The van der Waals surface area contributed by atoms with Gasteiger partial charge in [0.25, 0.3) is 0 Å². The smallest absolute Gasteiger partial charge is 0.0781 e. The van der Waals surface area contributed by atoms with E-state index in [1.54, 1.807) is 6.92 Å². The molecular weight excluding hydrogens is 901 g/mol. The lowest BCUT2D eigenvalue weighted by Gasteiger charge is -2.24. The molecule has 0 aliphatic carbocycles. The maximum Gasteiger partial charge on any atom is 0.0781 e. The summed E-state index contributed by atoms with van der Waals surface area (Å²) in [5.74, 6) is 0. The van der Waals surface area contributed by atoms with E-state index in [9.17, 15) is 5.11 Å². The number of hydrogen-bond donors (Lipinski definition) is 2. The molecular formula is C51H104O18. The molecule has 0 aromatic heterocycles. The van der Waals surface area contributed by atoms with Crippen molar-refractivity contribution >= 4 is 0 Å². The molecule has 0 amide bonds. The zero-order valence-electron chi connectivity index (χ0n) is 46.3. The van der Waals surface area contributed by atoms with E-state index < -0.39 is 6.10 Å². The van der Waals surface area contributed by atoms with E-state index >= 15 is 0 Å². The van der Waals surface area contributed by atoms with Crippen LogP contribution in [-0.2, 0) is 75.8 Å². The molecule has 0 radical (unpaired) electrons. The Hall–Kier alpha value is -0.720. The number of aliphatic hydroxyl groups excluding tert-OH is 2. The molecule has 0 saturated heterocycles. The van der Waals surface area contributed by atoms with Gasteiger partial charge in [-0.05, 0) is 118 Å². The van der Waals surface area contributed by atoms with Crippen LogP contribution in [0.5, 0.6) is 0 Å². The van der Waals surface area contributed by atoms with Crippen molar-refractivity contribution in [2.24, 2.45) is 0 Å². The first-order chi connectivity index (χ1) is 32.6. The van der Waals surface area contributed by atoms with E-state index in [4.69, 9.17) is 80.9 Å². The maximum absolute atomic E-state index is 9.35. The monoisotopic (exact) mass is 1000 g/mol. The van der Waals surface area contributed by atoms with Gasteiger partial charge in [-0.2, -0.15) is 0 Å². The SMILES string of the molecule is CC(O)COC(C)COC(C)COC(C)COC(C)COC(C)COC(C)COC(C)COC(C)COC(C)COC(C)COC(C)COC(C)COC(C)COC(C)COC(C)COC(C)CO. The van der Waals surface area contributed by atoms with Crippen molar-refractivity contribution in [1.82, 2.24) is 0 Å². The molecule has 0 fully saturated rings. The Labute approximate surface area is 418 Å². The fraction of sp³-hybridized carbons (Fsp3) is 1.00. The third-order valence-corrected chi connectivity index (χ3v) is 10.1. The Morgan fingerprint density at radius 1 is 0.188 bits per heavy atom. The molecule has 416 valence electrons. The Balaban J connectivity index is 4.00. The van der Waals surface area contributed by atoms with Crippen molar-refractivity contribution in [3.63, 3.8) is 0 Å². The molecule has 17 atom stereocenters. The van der Waals surface area contributed by atoms with Crippen LogP contribution in [0.3, 0.4) is 0 Å². The molecule has 69 heavy (non-hydrogen) atoms. The van der Waals surface area contributed by atoms with Gasteiger partial charge in [0.1, 0.15) is 0 Å². The highest BCUT2D eigenvalue weighted by atomic mass is 16.6. The summed E-state index contributed by atoms with van der Waals surface area (Å²) in [5.41, 5.74) is 0. The minimum atomic E-state index is -0.495.